The number of nitrogens with two attached hydrogens (primary N) is 1. The molecule has 78 valence electrons. The maximum absolute atomic E-state index is 5.78. The Balaban J connectivity index is 2.39. The van der Waals surface area contributed by atoms with Crippen LogP contribution >= 0.6 is 0 Å². The van der Waals surface area contributed by atoms with Gasteiger partial charge >= 0.3 is 0 Å². The Morgan fingerprint density at radius 1 is 1.31 bits per heavy atom. The molecule has 1 fully saturated rings. The van der Waals surface area contributed by atoms with Crippen LogP contribution in [0.3, 0.4) is 0 Å². The van der Waals surface area contributed by atoms with Crippen LogP contribution in [0.5, 0.6) is 0 Å². The van der Waals surface area contributed by atoms with Crippen molar-refractivity contribution >= 4 is 0 Å². The zero-order valence-electron chi connectivity index (χ0n) is 9.47. The molecule has 0 aliphatic heterocycles. The van der Waals surface area contributed by atoms with Gasteiger partial charge in [-0.05, 0) is 49.5 Å². The predicted octanol–water partition coefficient (Wildman–Crippen LogP) is 3.19. The van der Waals surface area contributed by atoms with E-state index in [1.165, 1.54) is 32.1 Å². The lowest BCUT2D eigenvalue weighted by molar-refractivity contribution is 0.148. The summed E-state index contributed by atoms with van der Waals surface area (Å²) in [7, 11) is 0. The number of hydrogen-bond donors (Lipinski definition) is 1. The molecule has 1 rings (SSSR count). The molecule has 0 amide bonds. The molecule has 0 spiro atoms. The van der Waals surface area contributed by atoms with E-state index in [1.807, 2.05) is 0 Å². The van der Waals surface area contributed by atoms with Crippen LogP contribution in [-0.4, -0.2) is 6.54 Å². The first-order valence-electron chi connectivity index (χ1n) is 5.79. The van der Waals surface area contributed by atoms with Crippen LogP contribution in [0, 0.1) is 17.3 Å². The summed E-state index contributed by atoms with van der Waals surface area (Å²) in [5.74, 6) is 1.71. The fraction of sp³-hybridized carbons (Fsp3) is 1.00. The first-order chi connectivity index (χ1) is 6.09. The summed E-state index contributed by atoms with van der Waals surface area (Å²) in [6.45, 7) is 7.96. The van der Waals surface area contributed by atoms with Gasteiger partial charge in [-0.3, -0.25) is 0 Å². The van der Waals surface area contributed by atoms with Crippen molar-refractivity contribution in [3.63, 3.8) is 0 Å². The van der Waals surface area contributed by atoms with Crippen LogP contribution in [0.25, 0.3) is 0 Å². The van der Waals surface area contributed by atoms with Crippen molar-refractivity contribution in [3.05, 3.63) is 0 Å². The summed E-state index contributed by atoms with van der Waals surface area (Å²) < 4.78 is 0. The minimum Gasteiger partial charge on any atom is -0.330 e. The molecule has 1 atom stereocenters. The van der Waals surface area contributed by atoms with Crippen molar-refractivity contribution in [1.29, 1.82) is 0 Å². The maximum atomic E-state index is 5.78. The fourth-order valence-electron chi connectivity index (χ4n) is 2.59. The smallest absolute Gasteiger partial charge is 0.00463 e. The van der Waals surface area contributed by atoms with Crippen LogP contribution in [0.1, 0.15) is 52.9 Å². The van der Waals surface area contributed by atoms with Crippen LogP contribution in [0.2, 0.25) is 0 Å². The van der Waals surface area contributed by atoms with E-state index >= 15 is 0 Å². The van der Waals surface area contributed by atoms with Gasteiger partial charge in [0, 0.05) is 0 Å². The summed E-state index contributed by atoms with van der Waals surface area (Å²) >= 11 is 0. The normalized spacial score (nSPS) is 25.8. The standard InChI is InChI=1S/C12H25N/c1-4-10(9-13)11-5-7-12(2,3)8-6-11/h10-11H,4-9,13H2,1-3H3. The van der Waals surface area contributed by atoms with Gasteiger partial charge in [0.25, 0.3) is 0 Å². The third-order valence-corrected chi connectivity index (χ3v) is 3.88. The van der Waals surface area contributed by atoms with Crippen molar-refractivity contribution < 1.29 is 0 Å². The first-order valence-corrected chi connectivity index (χ1v) is 5.79. The topological polar surface area (TPSA) is 26.0 Å². The molecule has 1 nitrogen and oxygen atoms in total. The van der Waals surface area contributed by atoms with E-state index in [0.29, 0.717) is 5.41 Å². The van der Waals surface area contributed by atoms with E-state index in [4.69, 9.17) is 5.73 Å². The molecular formula is C12H25N. The van der Waals surface area contributed by atoms with Gasteiger partial charge in [-0.1, -0.05) is 27.2 Å². The Hall–Kier alpha value is -0.0400. The van der Waals surface area contributed by atoms with Gasteiger partial charge < -0.3 is 5.73 Å². The van der Waals surface area contributed by atoms with E-state index < -0.39 is 0 Å². The second kappa shape index (κ2) is 4.45. The second-order valence-electron chi connectivity index (χ2n) is 5.41. The molecule has 0 heterocycles. The molecule has 1 unspecified atom stereocenters. The van der Waals surface area contributed by atoms with E-state index in [1.54, 1.807) is 0 Å². The highest BCUT2D eigenvalue weighted by Crippen LogP contribution is 2.41. The van der Waals surface area contributed by atoms with Crippen molar-refractivity contribution in [2.45, 2.75) is 52.9 Å². The van der Waals surface area contributed by atoms with E-state index in [9.17, 15) is 0 Å². The van der Waals surface area contributed by atoms with Crippen molar-refractivity contribution in [3.8, 4) is 0 Å². The molecule has 0 bridgehead atoms. The van der Waals surface area contributed by atoms with Gasteiger partial charge in [0.05, 0.1) is 0 Å². The molecule has 0 aromatic carbocycles. The highest BCUT2D eigenvalue weighted by molar-refractivity contribution is 4.81. The molecule has 1 aliphatic carbocycles. The highest BCUT2D eigenvalue weighted by Gasteiger charge is 2.29. The zero-order chi connectivity index (χ0) is 9.90. The van der Waals surface area contributed by atoms with Gasteiger partial charge in [-0.15, -0.1) is 0 Å². The van der Waals surface area contributed by atoms with Crippen LogP contribution in [0.15, 0.2) is 0 Å². The number of hydrogen-bond acceptors (Lipinski definition) is 1. The van der Waals surface area contributed by atoms with Gasteiger partial charge in [-0.2, -0.15) is 0 Å². The van der Waals surface area contributed by atoms with E-state index in [-0.39, 0.29) is 0 Å². The summed E-state index contributed by atoms with van der Waals surface area (Å²) in [5.41, 5.74) is 6.38. The van der Waals surface area contributed by atoms with Crippen LogP contribution < -0.4 is 5.73 Å². The Bertz CT molecular complexity index is 137. The lowest BCUT2D eigenvalue weighted by Gasteiger charge is -2.37. The van der Waals surface area contributed by atoms with Crippen molar-refractivity contribution in [1.82, 2.24) is 0 Å². The molecule has 1 heteroatoms. The highest BCUT2D eigenvalue weighted by atomic mass is 14.6. The van der Waals surface area contributed by atoms with Gasteiger partial charge in [0.2, 0.25) is 0 Å². The molecule has 13 heavy (non-hydrogen) atoms. The molecule has 0 aromatic heterocycles. The summed E-state index contributed by atoms with van der Waals surface area (Å²) in [6, 6.07) is 0. The minimum absolute atomic E-state index is 0.601. The second-order valence-corrected chi connectivity index (χ2v) is 5.41. The third kappa shape index (κ3) is 2.98. The Kier molecular flexibility index (Phi) is 3.78. The Morgan fingerprint density at radius 2 is 1.85 bits per heavy atom. The SMILES string of the molecule is CCC(CN)C1CCC(C)(C)CC1. The summed E-state index contributed by atoms with van der Waals surface area (Å²) in [5, 5.41) is 0. The van der Waals surface area contributed by atoms with E-state index in [0.717, 1.165) is 18.4 Å². The van der Waals surface area contributed by atoms with Crippen LogP contribution in [-0.2, 0) is 0 Å². The fourth-order valence-corrected chi connectivity index (χ4v) is 2.59. The molecule has 0 radical (unpaired) electrons. The van der Waals surface area contributed by atoms with Crippen molar-refractivity contribution in [2.75, 3.05) is 6.54 Å². The average molecular weight is 183 g/mol. The largest absolute Gasteiger partial charge is 0.330 e. The van der Waals surface area contributed by atoms with Crippen LogP contribution in [0.4, 0.5) is 0 Å². The maximum Gasteiger partial charge on any atom is -0.00463 e. The Morgan fingerprint density at radius 3 is 2.23 bits per heavy atom. The lowest BCUT2D eigenvalue weighted by Crippen LogP contribution is -2.29. The molecule has 1 aliphatic rings. The van der Waals surface area contributed by atoms with Gasteiger partial charge in [0.15, 0.2) is 0 Å². The molecular weight excluding hydrogens is 158 g/mol. The molecule has 2 N–H and O–H groups in total. The predicted molar refractivity (Wildman–Crippen MR) is 58.6 cm³/mol. The molecule has 0 saturated heterocycles. The Labute approximate surface area is 83.1 Å². The zero-order valence-corrected chi connectivity index (χ0v) is 9.47. The number of rotatable bonds is 3. The lowest BCUT2D eigenvalue weighted by atomic mass is 9.69. The average Bonchev–Trinajstić information content (AvgIpc) is 2.09. The minimum atomic E-state index is 0.601. The first kappa shape index (κ1) is 11.0. The molecule has 0 aromatic rings. The van der Waals surface area contributed by atoms with E-state index in [2.05, 4.69) is 20.8 Å². The summed E-state index contributed by atoms with van der Waals surface area (Å²) in [6.07, 6.45) is 6.87. The van der Waals surface area contributed by atoms with Gasteiger partial charge in [-0.25, -0.2) is 0 Å². The molecule has 1 saturated carbocycles. The quantitative estimate of drug-likeness (QED) is 0.714. The summed E-state index contributed by atoms with van der Waals surface area (Å²) in [4.78, 5) is 0. The monoisotopic (exact) mass is 183 g/mol. The third-order valence-electron chi connectivity index (χ3n) is 3.88. The van der Waals surface area contributed by atoms with Gasteiger partial charge in [0.1, 0.15) is 0 Å². The van der Waals surface area contributed by atoms with Crippen molar-refractivity contribution in [2.24, 2.45) is 23.0 Å².